The monoisotopic (exact) mass is 409 g/mol. The quantitative estimate of drug-likeness (QED) is 0.644. The zero-order valence-electron chi connectivity index (χ0n) is 16.5. The van der Waals surface area contributed by atoms with Crippen LogP contribution in [0.2, 0.25) is 0 Å². The molecule has 1 aromatic heterocycles. The number of hydrogen-bond acceptors (Lipinski definition) is 4. The largest absolute Gasteiger partial charge is 0.346 e. The molecule has 0 fully saturated rings. The van der Waals surface area contributed by atoms with E-state index in [1.54, 1.807) is 24.5 Å². The number of carbonyl (C=O) groups excluding carboxylic acids is 1. The molecular formula is C22H23N3O3S. The Balaban J connectivity index is 1.73. The molecule has 1 heterocycles. The Kier molecular flexibility index (Phi) is 5.98. The van der Waals surface area contributed by atoms with Crippen molar-refractivity contribution >= 4 is 21.6 Å². The zero-order chi connectivity index (χ0) is 21.0. The minimum absolute atomic E-state index is 0.0946. The van der Waals surface area contributed by atoms with Crippen LogP contribution in [0.15, 0.2) is 71.9 Å². The molecule has 6 nitrogen and oxygen atoms in total. The van der Waals surface area contributed by atoms with Crippen molar-refractivity contribution in [3.05, 3.63) is 89.2 Å². The lowest BCUT2D eigenvalue weighted by molar-refractivity contribution is 0.0939. The number of carbonyl (C=O) groups is 1. The highest BCUT2D eigenvalue weighted by atomic mass is 32.2. The third-order valence-electron chi connectivity index (χ3n) is 4.83. The number of nitrogens with zero attached hydrogens (tertiary/aromatic N) is 1. The number of anilines is 1. The predicted octanol–water partition coefficient (Wildman–Crippen LogP) is 3.99. The lowest BCUT2D eigenvalue weighted by atomic mass is 10.1. The maximum Gasteiger partial charge on any atom is 0.261 e. The SMILES string of the molecule is Cc1cccc(NS(=O)(=O)c2ccc(C(=O)NC(C)c3ccncc3)cc2)c1C. The topological polar surface area (TPSA) is 88.2 Å². The number of pyridine rings is 1. The first-order valence-electron chi connectivity index (χ1n) is 9.18. The van der Waals surface area contributed by atoms with Gasteiger partial charge in [-0.15, -0.1) is 0 Å². The van der Waals surface area contributed by atoms with E-state index in [1.165, 1.54) is 24.3 Å². The number of benzene rings is 2. The maximum atomic E-state index is 12.7. The van der Waals surface area contributed by atoms with Crippen LogP contribution in [0.4, 0.5) is 5.69 Å². The van der Waals surface area contributed by atoms with Crippen LogP contribution >= 0.6 is 0 Å². The van der Waals surface area contributed by atoms with Crippen LogP contribution in [0.1, 0.15) is 40.0 Å². The highest BCUT2D eigenvalue weighted by Gasteiger charge is 2.17. The molecule has 2 N–H and O–H groups in total. The summed E-state index contributed by atoms with van der Waals surface area (Å²) in [7, 11) is -3.75. The lowest BCUT2D eigenvalue weighted by Crippen LogP contribution is -2.26. The molecule has 1 unspecified atom stereocenters. The van der Waals surface area contributed by atoms with Gasteiger partial charge in [-0.05, 0) is 79.9 Å². The van der Waals surface area contributed by atoms with Crippen molar-refractivity contribution in [2.24, 2.45) is 0 Å². The molecule has 1 amide bonds. The van der Waals surface area contributed by atoms with Crippen molar-refractivity contribution in [3.63, 3.8) is 0 Å². The molecular weight excluding hydrogens is 386 g/mol. The molecule has 0 aliphatic heterocycles. The molecule has 7 heteroatoms. The van der Waals surface area contributed by atoms with Gasteiger partial charge in [-0.3, -0.25) is 14.5 Å². The minimum Gasteiger partial charge on any atom is -0.346 e. The van der Waals surface area contributed by atoms with E-state index in [2.05, 4.69) is 15.0 Å². The molecule has 0 saturated heterocycles. The summed E-state index contributed by atoms with van der Waals surface area (Å²) in [6.07, 6.45) is 3.33. The lowest BCUT2D eigenvalue weighted by Gasteiger charge is -2.15. The van der Waals surface area contributed by atoms with Gasteiger partial charge < -0.3 is 5.32 Å². The van der Waals surface area contributed by atoms with Gasteiger partial charge >= 0.3 is 0 Å². The predicted molar refractivity (Wildman–Crippen MR) is 113 cm³/mol. The number of hydrogen-bond donors (Lipinski definition) is 2. The number of amides is 1. The second-order valence-electron chi connectivity index (χ2n) is 6.85. The maximum absolute atomic E-state index is 12.7. The molecule has 2 aromatic carbocycles. The van der Waals surface area contributed by atoms with Crippen molar-refractivity contribution in [1.82, 2.24) is 10.3 Å². The Labute approximate surface area is 171 Å². The second kappa shape index (κ2) is 8.45. The zero-order valence-corrected chi connectivity index (χ0v) is 17.3. The van der Waals surface area contributed by atoms with Crippen molar-refractivity contribution in [2.75, 3.05) is 4.72 Å². The van der Waals surface area contributed by atoms with Crippen LogP contribution in [0.5, 0.6) is 0 Å². The van der Waals surface area contributed by atoms with Gasteiger partial charge in [0.05, 0.1) is 16.6 Å². The van der Waals surface area contributed by atoms with E-state index in [9.17, 15) is 13.2 Å². The number of nitrogens with one attached hydrogen (secondary N) is 2. The van der Waals surface area contributed by atoms with Gasteiger partial charge in [0, 0.05) is 18.0 Å². The summed E-state index contributed by atoms with van der Waals surface area (Å²) in [5, 5.41) is 2.89. The molecule has 1 atom stereocenters. The van der Waals surface area contributed by atoms with Crippen LogP contribution in [-0.4, -0.2) is 19.3 Å². The van der Waals surface area contributed by atoms with Crippen molar-refractivity contribution in [2.45, 2.75) is 31.7 Å². The molecule has 0 spiro atoms. The Bertz CT molecular complexity index is 1110. The summed E-state index contributed by atoms with van der Waals surface area (Å²) < 4.78 is 28.0. The summed E-state index contributed by atoms with van der Waals surface area (Å²) in [6.45, 7) is 5.66. The van der Waals surface area contributed by atoms with Crippen LogP contribution < -0.4 is 10.0 Å². The molecule has 0 bridgehead atoms. The summed E-state index contributed by atoms with van der Waals surface area (Å²) in [5.41, 5.74) is 3.73. The first kappa shape index (κ1) is 20.5. The van der Waals surface area contributed by atoms with Crippen molar-refractivity contribution in [1.29, 1.82) is 0 Å². The van der Waals surface area contributed by atoms with Crippen LogP contribution in [0, 0.1) is 13.8 Å². The van der Waals surface area contributed by atoms with Gasteiger partial charge in [0.15, 0.2) is 0 Å². The Hall–Kier alpha value is -3.19. The highest BCUT2D eigenvalue weighted by molar-refractivity contribution is 7.92. The molecule has 150 valence electrons. The summed E-state index contributed by atoms with van der Waals surface area (Å²) >= 11 is 0. The van der Waals surface area contributed by atoms with E-state index in [0.29, 0.717) is 11.3 Å². The van der Waals surface area contributed by atoms with Gasteiger partial charge in [-0.2, -0.15) is 0 Å². The fourth-order valence-corrected chi connectivity index (χ4v) is 3.99. The Morgan fingerprint density at radius 2 is 1.62 bits per heavy atom. The average molecular weight is 410 g/mol. The molecule has 0 aliphatic rings. The van der Waals surface area contributed by atoms with Crippen LogP contribution in [0.3, 0.4) is 0 Å². The molecule has 29 heavy (non-hydrogen) atoms. The molecule has 3 aromatic rings. The first-order valence-corrected chi connectivity index (χ1v) is 10.7. The van der Waals surface area contributed by atoms with Crippen molar-refractivity contribution < 1.29 is 13.2 Å². The molecule has 3 rings (SSSR count). The van der Waals surface area contributed by atoms with Gasteiger partial charge in [0.1, 0.15) is 0 Å². The van der Waals surface area contributed by atoms with E-state index in [0.717, 1.165) is 16.7 Å². The van der Waals surface area contributed by atoms with Gasteiger partial charge in [0.2, 0.25) is 0 Å². The fraction of sp³-hybridized carbons (Fsp3) is 0.182. The molecule has 0 radical (unpaired) electrons. The average Bonchev–Trinajstić information content (AvgIpc) is 2.72. The fourth-order valence-electron chi connectivity index (χ4n) is 2.87. The van der Waals surface area contributed by atoms with E-state index >= 15 is 0 Å². The number of sulfonamides is 1. The summed E-state index contributed by atoms with van der Waals surface area (Å²) in [4.78, 5) is 16.5. The Morgan fingerprint density at radius 1 is 0.966 bits per heavy atom. The first-order chi connectivity index (χ1) is 13.8. The Morgan fingerprint density at radius 3 is 2.28 bits per heavy atom. The van der Waals surface area contributed by atoms with Gasteiger partial charge in [0.25, 0.3) is 15.9 Å². The standard InChI is InChI=1S/C22H23N3O3S/c1-15-5-4-6-21(16(15)2)25-29(27,28)20-9-7-19(8-10-20)22(26)24-17(3)18-11-13-23-14-12-18/h4-14,17,25H,1-3H3,(H,24,26). The molecule has 0 aliphatic carbocycles. The van der Waals surface area contributed by atoms with Gasteiger partial charge in [-0.1, -0.05) is 12.1 Å². The number of rotatable bonds is 6. The second-order valence-corrected chi connectivity index (χ2v) is 8.54. The van der Waals surface area contributed by atoms with E-state index < -0.39 is 10.0 Å². The highest BCUT2D eigenvalue weighted by Crippen LogP contribution is 2.22. The molecule has 0 saturated carbocycles. The van der Waals surface area contributed by atoms with Crippen molar-refractivity contribution in [3.8, 4) is 0 Å². The number of aryl methyl sites for hydroxylation is 1. The van der Waals surface area contributed by atoms with Gasteiger partial charge in [-0.25, -0.2) is 8.42 Å². The smallest absolute Gasteiger partial charge is 0.261 e. The number of aromatic nitrogens is 1. The summed E-state index contributed by atoms with van der Waals surface area (Å²) in [5.74, 6) is -0.277. The van der Waals surface area contributed by atoms with Crippen LogP contribution in [-0.2, 0) is 10.0 Å². The normalized spacial score (nSPS) is 12.2. The van der Waals surface area contributed by atoms with E-state index in [4.69, 9.17) is 0 Å². The van der Waals surface area contributed by atoms with E-state index in [1.807, 2.05) is 39.0 Å². The van der Waals surface area contributed by atoms with E-state index in [-0.39, 0.29) is 16.8 Å². The summed E-state index contributed by atoms with van der Waals surface area (Å²) in [6, 6.07) is 14.8. The third-order valence-corrected chi connectivity index (χ3v) is 6.21. The van der Waals surface area contributed by atoms with Crippen LogP contribution in [0.25, 0.3) is 0 Å². The minimum atomic E-state index is -3.75. The third kappa shape index (κ3) is 4.81.